The summed E-state index contributed by atoms with van der Waals surface area (Å²) >= 11 is 0. The molecule has 0 amide bonds. The molecule has 0 N–H and O–H groups in total. The molecule has 0 aliphatic carbocycles. The second-order valence-corrected chi connectivity index (χ2v) is 10.7. The summed E-state index contributed by atoms with van der Waals surface area (Å²) < 4.78 is 2.36. The minimum absolute atomic E-state index is 0.946. The van der Waals surface area contributed by atoms with Gasteiger partial charge in [0.2, 0.25) is 0 Å². The molecule has 196 valence electrons. The van der Waals surface area contributed by atoms with E-state index in [2.05, 4.69) is 142 Å². The third-order valence-corrected chi connectivity index (χ3v) is 8.44. The molecule has 0 radical (unpaired) electrons. The Morgan fingerprint density at radius 3 is 2.00 bits per heavy atom. The van der Waals surface area contributed by atoms with Crippen molar-refractivity contribution in [1.29, 1.82) is 0 Å². The summed E-state index contributed by atoms with van der Waals surface area (Å²) in [4.78, 5) is 11.5. The fourth-order valence-electron chi connectivity index (χ4n) is 6.63. The molecule has 4 nitrogen and oxygen atoms in total. The van der Waals surface area contributed by atoms with Gasteiger partial charge in [0.15, 0.2) is 0 Å². The maximum Gasteiger partial charge on any atom is 0.116 e. The first kappa shape index (κ1) is 23.0. The van der Waals surface area contributed by atoms with Gasteiger partial charge >= 0.3 is 0 Å². The van der Waals surface area contributed by atoms with Crippen molar-refractivity contribution in [1.82, 2.24) is 14.5 Å². The van der Waals surface area contributed by atoms with E-state index in [9.17, 15) is 0 Å². The summed E-state index contributed by atoms with van der Waals surface area (Å²) in [5.41, 5.74) is 11.2. The second-order valence-electron chi connectivity index (χ2n) is 10.7. The van der Waals surface area contributed by atoms with Crippen LogP contribution in [-0.2, 0) is 0 Å². The molecule has 0 unspecified atom stereocenters. The third kappa shape index (κ3) is 3.29. The lowest BCUT2D eigenvalue weighted by Crippen LogP contribution is -2.16. The zero-order valence-electron chi connectivity index (χ0n) is 22.6. The van der Waals surface area contributed by atoms with Gasteiger partial charge in [0.1, 0.15) is 6.33 Å². The Kier molecular flexibility index (Phi) is 4.87. The van der Waals surface area contributed by atoms with Crippen LogP contribution in [0.4, 0.5) is 17.1 Å². The number of rotatable bonds is 3. The maximum absolute atomic E-state index is 4.80. The number of fused-ring (bicyclic) bond motifs is 5. The Labute approximate surface area is 242 Å². The fourth-order valence-corrected chi connectivity index (χ4v) is 6.63. The van der Waals surface area contributed by atoms with Gasteiger partial charge in [0.25, 0.3) is 0 Å². The molecule has 6 aromatic carbocycles. The van der Waals surface area contributed by atoms with E-state index in [0.29, 0.717) is 0 Å². The molecular weight excluding hydrogens is 512 g/mol. The van der Waals surface area contributed by atoms with Gasteiger partial charge in [-0.2, -0.15) is 0 Å². The zero-order chi connectivity index (χ0) is 27.6. The second kappa shape index (κ2) is 8.88. The zero-order valence-corrected chi connectivity index (χ0v) is 22.6. The van der Waals surface area contributed by atoms with Gasteiger partial charge in [-0.1, -0.05) is 78.9 Å². The van der Waals surface area contributed by atoms with Crippen LogP contribution < -0.4 is 4.90 Å². The lowest BCUT2D eigenvalue weighted by atomic mass is 9.90. The highest BCUT2D eigenvalue weighted by Crippen LogP contribution is 2.50. The minimum Gasteiger partial charge on any atom is -0.309 e. The van der Waals surface area contributed by atoms with Gasteiger partial charge in [-0.15, -0.1) is 0 Å². The molecule has 8 aromatic rings. The molecule has 0 saturated heterocycles. The Hall–Kier alpha value is -5.74. The number of hydrogen-bond donors (Lipinski definition) is 0. The molecule has 0 saturated carbocycles. The predicted molar refractivity (Wildman–Crippen MR) is 173 cm³/mol. The highest BCUT2D eigenvalue weighted by Gasteiger charge is 2.27. The fraction of sp³-hybridized carbons (Fsp3) is 0. The van der Waals surface area contributed by atoms with Crippen LogP contribution in [0.1, 0.15) is 0 Å². The molecule has 3 heterocycles. The monoisotopic (exact) mass is 536 g/mol. The highest BCUT2D eigenvalue weighted by atomic mass is 15.2. The van der Waals surface area contributed by atoms with Crippen molar-refractivity contribution in [2.45, 2.75) is 0 Å². The number of nitrogens with zero attached hydrogens (tertiary/aromatic N) is 4. The van der Waals surface area contributed by atoms with E-state index in [1.807, 2.05) is 12.3 Å². The normalized spacial score (nSPS) is 12.2. The van der Waals surface area contributed by atoms with Crippen molar-refractivity contribution in [3.63, 3.8) is 0 Å². The van der Waals surface area contributed by atoms with Crippen LogP contribution in [0, 0.1) is 0 Å². The van der Waals surface area contributed by atoms with Gasteiger partial charge in [0, 0.05) is 33.1 Å². The maximum atomic E-state index is 4.80. The molecular formula is C38H24N4. The van der Waals surface area contributed by atoms with E-state index in [0.717, 1.165) is 34.0 Å². The predicted octanol–water partition coefficient (Wildman–Crippen LogP) is 9.84. The standard InChI is InChI=1S/C38H24N4/c1-2-10-28(11-3-1)42-35-16-8-9-26-21-27(22-32(37(26)35)38-36(42)23-39-24-40-38)25-17-19-29(20-18-25)41-33-14-6-4-12-30(33)31-13-5-7-15-34(31)41/h1-24H. The highest BCUT2D eigenvalue weighted by molar-refractivity contribution is 6.14. The van der Waals surface area contributed by atoms with Crippen molar-refractivity contribution in [2.75, 3.05) is 4.90 Å². The van der Waals surface area contributed by atoms with Crippen LogP contribution in [0.5, 0.6) is 0 Å². The van der Waals surface area contributed by atoms with E-state index < -0.39 is 0 Å². The van der Waals surface area contributed by atoms with Crippen LogP contribution in [0.3, 0.4) is 0 Å². The van der Waals surface area contributed by atoms with Gasteiger partial charge in [0.05, 0.1) is 34.3 Å². The summed E-state index contributed by atoms with van der Waals surface area (Å²) in [6.07, 6.45) is 3.57. The average molecular weight is 537 g/mol. The van der Waals surface area contributed by atoms with Crippen LogP contribution in [0.2, 0.25) is 0 Å². The Balaban J connectivity index is 1.21. The first-order chi connectivity index (χ1) is 20.8. The van der Waals surface area contributed by atoms with Gasteiger partial charge in [-0.05, 0) is 71.1 Å². The molecule has 0 fully saturated rings. The van der Waals surface area contributed by atoms with E-state index in [1.165, 1.54) is 43.7 Å². The lowest BCUT2D eigenvalue weighted by molar-refractivity contribution is 1.13. The van der Waals surface area contributed by atoms with Crippen molar-refractivity contribution in [3.05, 3.63) is 146 Å². The molecule has 9 rings (SSSR count). The summed E-state index contributed by atoms with van der Waals surface area (Å²) in [5.74, 6) is 0. The molecule has 4 heteroatoms. The summed E-state index contributed by atoms with van der Waals surface area (Å²) in [6.45, 7) is 0. The van der Waals surface area contributed by atoms with Crippen LogP contribution in [0.15, 0.2) is 146 Å². The number of hydrogen-bond acceptors (Lipinski definition) is 3. The third-order valence-electron chi connectivity index (χ3n) is 8.44. The Morgan fingerprint density at radius 2 is 1.24 bits per heavy atom. The largest absolute Gasteiger partial charge is 0.309 e. The van der Waals surface area contributed by atoms with E-state index in [1.54, 1.807) is 6.33 Å². The van der Waals surface area contributed by atoms with Gasteiger partial charge in [-0.3, -0.25) is 0 Å². The van der Waals surface area contributed by atoms with Gasteiger partial charge < -0.3 is 9.47 Å². The SMILES string of the molecule is c1ccc(N2c3cncnc3-c3cc(-c4ccc(-n5c6ccccc6c6ccccc65)cc4)cc4cccc2c34)cc1. The Morgan fingerprint density at radius 1 is 0.524 bits per heavy atom. The lowest BCUT2D eigenvalue weighted by Gasteiger charge is -2.32. The van der Waals surface area contributed by atoms with Crippen molar-refractivity contribution in [2.24, 2.45) is 0 Å². The molecule has 0 bridgehead atoms. The number of anilines is 3. The van der Waals surface area contributed by atoms with Crippen LogP contribution >= 0.6 is 0 Å². The van der Waals surface area contributed by atoms with E-state index >= 15 is 0 Å². The van der Waals surface area contributed by atoms with Crippen LogP contribution in [-0.4, -0.2) is 14.5 Å². The smallest absolute Gasteiger partial charge is 0.116 e. The molecule has 1 aliphatic rings. The Bertz CT molecular complexity index is 2250. The molecule has 0 spiro atoms. The van der Waals surface area contributed by atoms with E-state index in [-0.39, 0.29) is 0 Å². The average Bonchev–Trinajstić information content (AvgIpc) is 3.40. The summed E-state index contributed by atoms with van der Waals surface area (Å²) in [7, 11) is 0. The first-order valence-corrected chi connectivity index (χ1v) is 14.2. The van der Waals surface area contributed by atoms with E-state index in [4.69, 9.17) is 4.98 Å². The summed E-state index contributed by atoms with van der Waals surface area (Å²) in [6, 6.07) is 47.8. The quantitative estimate of drug-likeness (QED) is 0.225. The van der Waals surface area contributed by atoms with Crippen molar-refractivity contribution >= 4 is 49.6 Å². The molecule has 42 heavy (non-hydrogen) atoms. The number of aromatic nitrogens is 3. The molecule has 1 aliphatic heterocycles. The molecule has 2 aromatic heterocycles. The first-order valence-electron chi connectivity index (χ1n) is 14.2. The number of para-hydroxylation sites is 3. The van der Waals surface area contributed by atoms with Crippen molar-refractivity contribution < 1.29 is 0 Å². The van der Waals surface area contributed by atoms with Crippen molar-refractivity contribution in [3.8, 4) is 28.1 Å². The van der Waals surface area contributed by atoms with Crippen LogP contribution in [0.25, 0.3) is 60.6 Å². The number of benzene rings is 6. The summed E-state index contributed by atoms with van der Waals surface area (Å²) in [5, 5.41) is 4.94. The topological polar surface area (TPSA) is 34.0 Å². The minimum atomic E-state index is 0.946. The van der Waals surface area contributed by atoms with Gasteiger partial charge in [-0.25, -0.2) is 9.97 Å². The molecule has 0 atom stereocenters.